The third-order valence-electron chi connectivity index (χ3n) is 2.59. The van der Waals surface area contributed by atoms with E-state index in [9.17, 15) is 19.2 Å². The van der Waals surface area contributed by atoms with Crippen LogP contribution in [0.25, 0.3) is 0 Å². The number of carboxylic acid groups (broad SMARTS) is 1. The molecule has 2 aromatic heterocycles. The van der Waals surface area contributed by atoms with Crippen LogP contribution in [0.3, 0.4) is 0 Å². The van der Waals surface area contributed by atoms with E-state index in [2.05, 4.69) is 41.8 Å². The summed E-state index contributed by atoms with van der Waals surface area (Å²) in [6, 6.07) is 2.69. The van der Waals surface area contributed by atoms with Crippen LogP contribution < -0.4 is 11.1 Å². The summed E-state index contributed by atoms with van der Waals surface area (Å²) in [6.45, 7) is 5.24. The van der Waals surface area contributed by atoms with Gasteiger partial charge in [-0.3, -0.25) is 9.59 Å². The number of carbonyl (C=O) groups is 2. The molecule has 0 spiro atoms. The van der Waals surface area contributed by atoms with E-state index < -0.39 is 28.7 Å². The number of carbonyl (C=O) groups excluding carboxylic acids is 1. The number of pyridine rings is 2. The first kappa shape index (κ1) is 21.8. The third-order valence-corrected chi connectivity index (χ3v) is 3.50. The van der Waals surface area contributed by atoms with Gasteiger partial charge >= 0.3 is 11.9 Å². The second kappa shape index (κ2) is 8.95. The van der Waals surface area contributed by atoms with Crippen LogP contribution in [0.4, 0.5) is 0 Å². The molecule has 0 aliphatic heterocycles. The van der Waals surface area contributed by atoms with Crippen LogP contribution in [-0.4, -0.2) is 32.6 Å². The third kappa shape index (κ3) is 6.96. The highest BCUT2D eigenvalue weighted by atomic mass is 79.9. The van der Waals surface area contributed by atoms with Crippen LogP contribution in [0, 0.1) is 0 Å². The molecule has 0 fully saturated rings. The molecule has 0 amide bonds. The zero-order valence-electron chi connectivity index (χ0n) is 14.1. The molecule has 0 bridgehead atoms. The van der Waals surface area contributed by atoms with Gasteiger partial charge in [0.25, 0.3) is 11.1 Å². The molecule has 0 radical (unpaired) electrons. The number of hydrogen-bond acceptors (Lipinski definition) is 5. The van der Waals surface area contributed by atoms with Gasteiger partial charge in [0.2, 0.25) is 0 Å². The van der Waals surface area contributed by atoms with E-state index in [-0.39, 0.29) is 11.1 Å². The maximum absolute atomic E-state index is 11.6. The lowest BCUT2D eigenvalue weighted by atomic mass is 10.2. The summed E-state index contributed by atoms with van der Waals surface area (Å²) < 4.78 is 6.24. The molecular formula is C16H16Br2N2O6. The number of aromatic nitrogens is 2. The number of nitrogens with one attached hydrogen (secondary N) is 2. The maximum atomic E-state index is 11.6. The van der Waals surface area contributed by atoms with E-state index in [0.29, 0.717) is 8.95 Å². The largest absolute Gasteiger partial charge is 0.477 e. The summed E-state index contributed by atoms with van der Waals surface area (Å²) in [5.41, 5.74) is -1.92. The van der Waals surface area contributed by atoms with Crippen molar-refractivity contribution in [3.8, 4) is 0 Å². The Balaban J connectivity index is 0.000000273. The van der Waals surface area contributed by atoms with E-state index in [4.69, 9.17) is 9.84 Å². The predicted octanol–water partition coefficient (Wildman–Crippen LogP) is 2.93. The van der Waals surface area contributed by atoms with E-state index >= 15 is 0 Å². The van der Waals surface area contributed by atoms with Crippen molar-refractivity contribution < 1.29 is 19.4 Å². The molecular weight excluding hydrogens is 476 g/mol. The van der Waals surface area contributed by atoms with Gasteiger partial charge in [0.05, 0.1) is 0 Å². The topological polar surface area (TPSA) is 129 Å². The second-order valence-corrected chi connectivity index (χ2v) is 7.76. The number of ether oxygens (including phenoxy) is 1. The summed E-state index contributed by atoms with van der Waals surface area (Å²) in [6.07, 6.45) is 2.85. The SMILES string of the molecule is CC(C)(C)OC(=O)c1cc(Br)c[nH]c1=O.O=C(O)c1cc(Br)c[nH]c1=O. The molecule has 0 saturated heterocycles. The van der Waals surface area contributed by atoms with Crippen LogP contribution in [0.2, 0.25) is 0 Å². The Labute approximate surface area is 164 Å². The number of halogens is 2. The maximum Gasteiger partial charge on any atom is 0.344 e. The normalized spacial score (nSPS) is 10.5. The van der Waals surface area contributed by atoms with Gasteiger partial charge in [-0.05, 0) is 64.8 Å². The summed E-state index contributed by atoms with van der Waals surface area (Å²) in [5.74, 6) is -1.85. The Morgan fingerprint density at radius 2 is 1.38 bits per heavy atom. The monoisotopic (exact) mass is 490 g/mol. The molecule has 0 aliphatic rings. The average Bonchev–Trinajstić information content (AvgIpc) is 2.50. The summed E-state index contributed by atoms with van der Waals surface area (Å²) >= 11 is 6.20. The van der Waals surface area contributed by atoms with Crippen LogP contribution in [0.1, 0.15) is 41.5 Å². The van der Waals surface area contributed by atoms with Crippen molar-refractivity contribution in [1.82, 2.24) is 9.97 Å². The summed E-state index contributed by atoms with van der Waals surface area (Å²) in [4.78, 5) is 48.7. The van der Waals surface area contributed by atoms with Gasteiger partial charge in [0, 0.05) is 21.3 Å². The molecule has 0 aliphatic carbocycles. The van der Waals surface area contributed by atoms with Gasteiger partial charge in [-0.25, -0.2) is 9.59 Å². The van der Waals surface area contributed by atoms with E-state index in [1.807, 2.05) is 0 Å². The molecule has 140 valence electrons. The van der Waals surface area contributed by atoms with Gasteiger partial charge in [0.15, 0.2) is 0 Å². The van der Waals surface area contributed by atoms with Gasteiger partial charge in [-0.2, -0.15) is 0 Å². The van der Waals surface area contributed by atoms with Crippen LogP contribution in [0.15, 0.2) is 43.1 Å². The van der Waals surface area contributed by atoms with Gasteiger partial charge in [0.1, 0.15) is 16.7 Å². The molecule has 0 atom stereocenters. The highest BCUT2D eigenvalue weighted by Crippen LogP contribution is 2.12. The number of aromatic amines is 2. The zero-order chi connectivity index (χ0) is 20.1. The quantitative estimate of drug-likeness (QED) is 0.554. The molecule has 2 heterocycles. The molecule has 26 heavy (non-hydrogen) atoms. The molecule has 0 saturated carbocycles. The number of H-pyrrole nitrogens is 2. The van der Waals surface area contributed by atoms with Crippen molar-refractivity contribution in [3.63, 3.8) is 0 Å². The Hall–Kier alpha value is -2.20. The highest BCUT2D eigenvalue weighted by Gasteiger charge is 2.20. The fraction of sp³-hybridized carbons (Fsp3) is 0.250. The number of aromatic carboxylic acids is 1. The number of esters is 1. The smallest absolute Gasteiger partial charge is 0.344 e. The lowest BCUT2D eigenvalue weighted by Crippen LogP contribution is -2.28. The number of carboxylic acids is 1. The molecule has 2 aromatic rings. The van der Waals surface area contributed by atoms with Crippen LogP contribution in [-0.2, 0) is 4.74 Å². The molecule has 10 heteroatoms. The van der Waals surface area contributed by atoms with Crippen molar-refractivity contribution in [2.75, 3.05) is 0 Å². The second-order valence-electron chi connectivity index (χ2n) is 5.93. The van der Waals surface area contributed by atoms with Crippen molar-refractivity contribution in [1.29, 1.82) is 0 Å². The van der Waals surface area contributed by atoms with E-state index in [1.165, 1.54) is 24.5 Å². The molecule has 3 N–H and O–H groups in total. The molecule has 0 unspecified atom stereocenters. The fourth-order valence-corrected chi connectivity index (χ4v) is 2.24. The fourth-order valence-electron chi connectivity index (χ4n) is 1.56. The zero-order valence-corrected chi connectivity index (χ0v) is 17.2. The Morgan fingerprint density at radius 3 is 1.77 bits per heavy atom. The molecule has 2 rings (SSSR count). The first-order valence-corrected chi connectivity index (χ1v) is 8.72. The number of rotatable bonds is 2. The minimum Gasteiger partial charge on any atom is -0.477 e. The first-order chi connectivity index (χ1) is 11.9. The highest BCUT2D eigenvalue weighted by molar-refractivity contribution is 9.10. The standard InChI is InChI=1S/C10H12BrNO3.C6H4BrNO3/c1-10(2,3)15-9(14)7-4-6(11)5-12-8(7)13;7-3-1-4(6(10)11)5(9)8-2-3/h4-5H,1-3H3,(H,12,13);1-2H,(H,8,9)(H,10,11). The minimum atomic E-state index is -1.23. The first-order valence-electron chi connectivity index (χ1n) is 7.14. The summed E-state index contributed by atoms with van der Waals surface area (Å²) in [5, 5.41) is 8.45. The van der Waals surface area contributed by atoms with Crippen LogP contribution in [0.5, 0.6) is 0 Å². The number of hydrogen-bond donors (Lipinski definition) is 3. The Kier molecular flexibility index (Phi) is 7.52. The van der Waals surface area contributed by atoms with E-state index in [1.54, 1.807) is 20.8 Å². The van der Waals surface area contributed by atoms with Crippen molar-refractivity contribution in [2.45, 2.75) is 26.4 Å². The summed E-state index contributed by atoms with van der Waals surface area (Å²) in [7, 11) is 0. The molecule has 0 aromatic carbocycles. The van der Waals surface area contributed by atoms with Gasteiger partial charge < -0.3 is 19.8 Å². The van der Waals surface area contributed by atoms with Crippen molar-refractivity contribution in [2.24, 2.45) is 0 Å². The lowest BCUT2D eigenvalue weighted by molar-refractivity contribution is 0.00672. The van der Waals surface area contributed by atoms with E-state index in [0.717, 1.165) is 0 Å². The Bertz CT molecular complexity index is 927. The van der Waals surface area contributed by atoms with Crippen LogP contribution >= 0.6 is 31.9 Å². The molecule has 8 nitrogen and oxygen atoms in total. The van der Waals surface area contributed by atoms with Crippen molar-refractivity contribution in [3.05, 3.63) is 65.3 Å². The van der Waals surface area contributed by atoms with Gasteiger partial charge in [-0.1, -0.05) is 0 Å². The minimum absolute atomic E-state index is 0.000648. The predicted molar refractivity (Wildman–Crippen MR) is 102 cm³/mol. The lowest BCUT2D eigenvalue weighted by Gasteiger charge is -2.19. The average molecular weight is 492 g/mol. The van der Waals surface area contributed by atoms with Crippen molar-refractivity contribution >= 4 is 43.8 Å². The van der Waals surface area contributed by atoms with Gasteiger partial charge in [-0.15, -0.1) is 0 Å². The Morgan fingerprint density at radius 1 is 0.962 bits per heavy atom.